The Balaban J connectivity index is 1.97. The first-order valence-electron chi connectivity index (χ1n) is 6.94. The molecule has 0 aliphatic heterocycles. The van der Waals surface area contributed by atoms with E-state index in [4.69, 9.17) is 11.6 Å². The molecule has 0 saturated heterocycles. The van der Waals surface area contributed by atoms with E-state index in [-0.39, 0.29) is 11.7 Å². The maximum absolute atomic E-state index is 11.2. The fourth-order valence-corrected chi connectivity index (χ4v) is 3.11. The van der Waals surface area contributed by atoms with Crippen molar-refractivity contribution in [3.8, 4) is 0 Å². The maximum atomic E-state index is 11.2. The molecule has 0 saturated carbocycles. The molecule has 5 heteroatoms. The molecule has 0 bridgehead atoms. The summed E-state index contributed by atoms with van der Waals surface area (Å²) in [5.41, 5.74) is 2.94. The molecule has 0 spiro atoms. The molecule has 0 radical (unpaired) electrons. The number of nitrogens with one attached hydrogen (secondary N) is 1. The average molecular weight is 303 g/mol. The van der Waals surface area contributed by atoms with Gasteiger partial charge in [0.1, 0.15) is 5.69 Å². The number of benzene rings is 2. The standard InChI is InChI=1S/C16H15ClN2O2/c17-13-8-4-10-15(19(20)21)16(13)18-14-9-3-6-11-5-1-2-7-12(11)14/h1-2,4-5,7-8,10,14,18H,3,6,9H2. The SMILES string of the molecule is O=[N+]([O-])c1cccc(Cl)c1NC1CCCc2ccccc21. The molecule has 1 N–H and O–H groups in total. The van der Waals surface area contributed by atoms with Gasteiger partial charge in [-0.3, -0.25) is 10.1 Å². The van der Waals surface area contributed by atoms with Gasteiger partial charge in [-0.15, -0.1) is 0 Å². The number of fused-ring (bicyclic) bond motifs is 1. The van der Waals surface area contributed by atoms with E-state index in [1.807, 2.05) is 12.1 Å². The third-order valence-corrected chi connectivity index (χ3v) is 4.19. The minimum Gasteiger partial charge on any atom is -0.371 e. The van der Waals surface area contributed by atoms with Crippen LogP contribution in [0.4, 0.5) is 11.4 Å². The Bertz CT molecular complexity index is 688. The van der Waals surface area contributed by atoms with Crippen LogP contribution in [0.5, 0.6) is 0 Å². The Morgan fingerprint density at radius 2 is 2.00 bits per heavy atom. The normalized spacial score (nSPS) is 17.1. The topological polar surface area (TPSA) is 55.2 Å². The van der Waals surface area contributed by atoms with E-state index in [9.17, 15) is 10.1 Å². The molecule has 1 unspecified atom stereocenters. The molecule has 0 fully saturated rings. The van der Waals surface area contributed by atoms with Gasteiger partial charge in [0.15, 0.2) is 0 Å². The van der Waals surface area contributed by atoms with Crippen molar-refractivity contribution in [2.45, 2.75) is 25.3 Å². The molecule has 0 heterocycles. The second-order valence-electron chi connectivity index (χ2n) is 5.18. The highest BCUT2D eigenvalue weighted by Gasteiger charge is 2.24. The fraction of sp³-hybridized carbons (Fsp3) is 0.250. The number of aryl methyl sites for hydroxylation is 1. The summed E-state index contributed by atoms with van der Waals surface area (Å²) in [6.07, 6.45) is 3.06. The highest BCUT2D eigenvalue weighted by atomic mass is 35.5. The first-order chi connectivity index (χ1) is 10.2. The second kappa shape index (κ2) is 5.74. The number of nitro groups is 1. The summed E-state index contributed by atoms with van der Waals surface area (Å²) < 4.78 is 0. The number of nitro benzene ring substituents is 1. The molecule has 2 aromatic rings. The van der Waals surface area contributed by atoms with Crippen LogP contribution in [-0.2, 0) is 6.42 Å². The van der Waals surface area contributed by atoms with Gasteiger partial charge in [0.25, 0.3) is 5.69 Å². The quantitative estimate of drug-likeness (QED) is 0.658. The lowest BCUT2D eigenvalue weighted by molar-refractivity contribution is -0.384. The minimum absolute atomic E-state index is 0.0190. The number of halogens is 1. The Morgan fingerprint density at radius 1 is 1.19 bits per heavy atom. The molecular weight excluding hydrogens is 288 g/mol. The van der Waals surface area contributed by atoms with Crippen molar-refractivity contribution in [2.24, 2.45) is 0 Å². The van der Waals surface area contributed by atoms with Gasteiger partial charge in [0.05, 0.1) is 16.0 Å². The number of rotatable bonds is 3. The summed E-state index contributed by atoms with van der Waals surface area (Å²) in [6, 6.07) is 13.0. The largest absolute Gasteiger partial charge is 0.371 e. The summed E-state index contributed by atoms with van der Waals surface area (Å²) in [5.74, 6) is 0. The molecule has 1 aliphatic carbocycles. The third kappa shape index (κ3) is 2.72. The van der Waals surface area contributed by atoms with E-state index in [0.29, 0.717) is 10.7 Å². The van der Waals surface area contributed by atoms with E-state index in [1.165, 1.54) is 17.2 Å². The molecule has 1 atom stereocenters. The van der Waals surface area contributed by atoms with Crippen molar-refractivity contribution in [3.63, 3.8) is 0 Å². The molecular formula is C16H15ClN2O2. The summed E-state index contributed by atoms with van der Waals surface area (Å²) in [6.45, 7) is 0. The van der Waals surface area contributed by atoms with Crippen LogP contribution in [0.3, 0.4) is 0 Å². The van der Waals surface area contributed by atoms with Crippen LogP contribution in [0.2, 0.25) is 5.02 Å². The van der Waals surface area contributed by atoms with Crippen LogP contribution >= 0.6 is 11.6 Å². The minimum atomic E-state index is -0.400. The molecule has 108 valence electrons. The van der Waals surface area contributed by atoms with Gasteiger partial charge in [-0.2, -0.15) is 0 Å². The van der Waals surface area contributed by atoms with Gasteiger partial charge >= 0.3 is 0 Å². The number of anilines is 1. The monoisotopic (exact) mass is 302 g/mol. The Morgan fingerprint density at radius 3 is 2.81 bits per heavy atom. The zero-order chi connectivity index (χ0) is 14.8. The van der Waals surface area contributed by atoms with Gasteiger partial charge in [-0.05, 0) is 36.5 Å². The van der Waals surface area contributed by atoms with Crippen LogP contribution in [0, 0.1) is 10.1 Å². The fourth-order valence-electron chi connectivity index (χ4n) is 2.89. The zero-order valence-electron chi connectivity index (χ0n) is 11.4. The molecule has 0 aromatic heterocycles. The second-order valence-corrected chi connectivity index (χ2v) is 5.59. The van der Waals surface area contributed by atoms with E-state index in [0.717, 1.165) is 19.3 Å². The highest BCUT2D eigenvalue weighted by molar-refractivity contribution is 6.33. The average Bonchev–Trinajstić information content (AvgIpc) is 2.49. The lowest BCUT2D eigenvalue weighted by atomic mass is 9.87. The number of para-hydroxylation sites is 1. The Labute approximate surface area is 127 Å². The lowest BCUT2D eigenvalue weighted by Crippen LogP contribution is -2.18. The van der Waals surface area contributed by atoms with E-state index >= 15 is 0 Å². The van der Waals surface area contributed by atoms with Gasteiger partial charge in [0.2, 0.25) is 0 Å². The van der Waals surface area contributed by atoms with Crippen LogP contribution in [0.15, 0.2) is 42.5 Å². The van der Waals surface area contributed by atoms with E-state index < -0.39 is 4.92 Å². The van der Waals surface area contributed by atoms with Crippen LogP contribution in [-0.4, -0.2) is 4.92 Å². The van der Waals surface area contributed by atoms with Gasteiger partial charge < -0.3 is 5.32 Å². The number of nitrogens with zero attached hydrogens (tertiary/aromatic N) is 1. The molecule has 3 rings (SSSR count). The van der Waals surface area contributed by atoms with Gasteiger partial charge in [-0.1, -0.05) is 41.9 Å². The first kappa shape index (κ1) is 13.9. The van der Waals surface area contributed by atoms with Crippen molar-refractivity contribution in [2.75, 3.05) is 5.32 Å². The molecule has 0 amide bonds. The first-order valence-corrected chi connectivity index (χ1v) is 7.32. The van der Waals surface area contributed by atoms with Crippen molar-refractivity contribution < 1.29 is 4.92 Å². The number of hydrogen-bond acceptors (Lipinski definition) is 3. The van der Waals surface area contributed by atoms with Crippen LogP contribution < -0.4 is 5.32 Å². The van der Waals surface area contributed by atoms with Crippen LogP contribution in [0.1, 0.15) is 30.0 Å². The van der Waals surface area contributed by atoms with E-state index in [2.05, 4.69) is 17.4 Å². The zero-order valence-corrected chi connectivity index (χ0v) is 12.1. The van der Waals surface area contributed by atoms with Crippen LogP contribution in [0.25, 0.3) is 0 Å². The summed E-state index contributed by atoms with van der Waals surface area (Å²) in [4.78, 5) is 10.8. The third-order valence-electron chi connectivity index (χ3n) is 3.88. The summed E-state index contributed by atoms with van der Waals surface area (Å²) in [7, 11) is 0. The highest BCUT2D eigenvalue weighted by Crippen LogP contribution is 2.38. The van der Waals surface area contributed by atoms with Gasteiger partial charge in [0, 0.05) is 6.07 Å². The van der Waals surface area contributed by atoms with Crippen molar-refractivity contribution in [3.05, 3.63) is 68.7 Å². The van der Waals surface area contributed by atoms with Crippen molar-refractivity contribution in [1.82, 2.24) is 0 Å². The maximum Gasteiger partial charge on any atom is 0.293 e. The molecule has 1 aliphatic rings. The number of hydrogen-bond donors (Lipinski definition) is 1. The molecule has 4 nitrogen and oxygen atoms in total. The predicted molar refractivity (Wildman–Crippen MR) is 83.9 cm³/mol. The van der Waals surface area contributed by atoms with Crippen molar-refractivity contribution >= 4 is 23.0 Å². The lowest BCUT2D eigenvalue weighted by Gasteiger charge is -2.27. The summed E-state index contributed by atoms with van der Waals surface area (Å²) in [5, 5.41) is 14.8. The summed E-state index contributed by atoms with van der Waals surface area (Å²) >= 11 is 6.15. The molecule has 21 heavy (non-hydrogen) atoms. The smallest absolute Gasteiger partial charge is 0.293 e. The van der Waals surface area contributed by atoms with Gasteiger partial charge in [-0.25, -0.2) is 0 Å². The van der Waals surface area contributed by atoms with Crippen molar-refractivity contribution in [1.29, 1.82) is 0 Å². The Kier molecular flexibility index (Phi) is 3.80. The van der Waals surface area contributed by atoms with E-state index in [1.54, 1.807) is 12.1 Å². The molecule has 2 aromatic carbocycles. The Hall–Kier alpha value is -2.07. The predicted octanol–water partition coefficient (Wildman–Crippen LogP) is 4.74.